The summed E-state index contributed by atoms with van der Waals surface area (Å²) in [7, 11) is 0. The van der Waals surface area contributed by atoms with E-state index in [1.54, 1.807) is 0 Å². The van der Waals surface area contributed by atoms with Crippen molar-refractivity contribution in [2.75, 3.05) is 0 Å². The highest BCUT2D eigenvalue weighted by atomic mass is 79.9. The predicted molar refractivity (Wildman–Crippen MR) is 66.4 cm³/mol. The highest BCUT2D eigenvalue weighted by Crippen LogP contribution is 2.30. The van der Waals surface area contributed by atoms with Gasteiger partial charge < -0.3 is 5.11 Å². The maximum Gasteiger partial charge on any atom is 0.336 e. The lowest BCUT2D eigenvalue weighted by Crippen LogP contribution is -1.99. The van der Waals surface area contributed by atoms with Gasteiger partial charge in [0.15, 0.2) is 0 Å². The normalized spacial score (nSPS) is 10.5. The van der Waals surface area contributed by atoms with Gasteiger partial charge in [-0.3, -0.25) is 0 Å². The Morgan fingerprint density at radius 1 is 1.05 bits per heavy atom. The molecule has 0 spiro atoms. The third-order valence-corrected chi connectivity index (χ3v) is 3.18. The zero-order valence-electron chi connectivity index (χ0n) is 9.25. The fourth-order valence-corrected chi connectivity index (χ4v) is 2.08. The molecule has 0 saturated carbocycles. The van der Waals surface area contributed by atoms with Crippen LogP contribution in [0.3, 0.4) is 0 Å². The number of carboxylic acid groups (broad SMARTS) is 1. The van der Waals surface area contributed by atoms with Crippen molar-refractivity contribution in [3.63, 3.8) is 0 Å². The third kappa shape index (κ3) is 2.63. The van der Waals surface area contributed by atoms with Crippen molar-refractivity contribution in [2.45, 2.75) is 0 Å². The first-order valence-electron chi connectivity index (χ1n) is 5.08. The van der Waals surface area contributed by atoms with Crippen LogP contribution in [0.2, 0.25) is 0 Å². The second-order valence-corrected chi connectivity index (χ2v) is 4.60. The van der Waals surface area contributed by atoms with Crippen LogP contribution in [-0.4, -0.2) is 11.1 Å². The molecule has 98 valence electrons. The second kappa shape index (κ2) is 5.05. The van der Waals surface area contributed by atoms with Crippen molar-refractivity contribution in [1.29, 1.82) is 0 Å². The minimum atomic E-state index is -1.24. The number of halogens is 4. The second-order valence-electron chi connectivity index (χ2n) is 3.74. The van der Waals surface area contributed by atoms with E-state index in [4.69, 9.17) is 5.11 Å². The highest BCUT2D eigenvalue weighted by Gasteiger charge is 2.16. The minimum Gasteiger partial charge on any atom is -0.478 e. The summed E-state index contributed by atoms with van der Waals surface area (Å²) in [5, 5.41) is 8.94. The number of carbonyl (C=O) groups is 1. The largest absolute Gasteiger partial charge is 0.478 e. The number of benzene rings is 2. The molecule has 0 saturated heterocycles. The van der Waals surface area contributed by atoms with Gasteiger partial charge in [-0.15, -0.1) is 0 Å². The van der Waals surface area contributed by atoms with Crippen molar-refractivity contribution in [3.05, 3.63) is 57.8 Å². The van der Waals surface area contributed by atoms with E-state index in [1.165, 1.54) is 12.1 Å². The molecule has 0 unspecified atom stereocenters. The van der Waals surface area contributed by atoms with Crippen LogP contribution in [0.15, 0.2) is 34.8 Å². The summed E-state index contributed by atoms with van der Waals surface area (Å²) in [6, 6.07) is 4.91. The third-order valence-electron chi connectivity index (χ3n) is 2.49. The highest BCUT2D eigenvalue weighted by molar-refractivity contribution is 9.10. The molecule has 0 radical (unpaired) electrons. The van der Waals surface area contributed by atoms with Crippen LogP contribution in [0.25, 0.3) is 11.1 Å². The molecule has 0 atom stereocenters. The zero-order chi connectivity index (χ0) is 14.2. The van der Waals surface area contributed by atoms with E-state index in [1.807, 2.05) is 0 Å². The Kier molecular flexibility index (Phi) is 3.61. The van der Waals surface area contributed by atoms with E-state index in [2.05, 4.69) is 15.9 Å². The molecule has 2 aromatic rings. The molecule has 6 heteroatoms. The standard InChI is InChI=1S/C13H6BrF3O2/c14-9-2-1-6(3-8(9)13(18)19)12-10(16)4-7(15)5-11(12)17/h1-5H,(H,18,19). The number of hydrogen-bond acceptors (Lipinski definition) is 1. The summed E-state index contributed by atoms with van der Waals surface area (Å²) in [6.45, 7) is 0. The first kappa shape index (κ1) is 13.6. The summed E-state index contributed by atoms with van der Waals surface area (Å²) >= 11 is 3.02. The van der Waals surface area contributed by atoms with E-state index in [-0.39, 0.29) is 15.6 Å². The SMILES string of the molecule is O=C(O)c1cc(-c2c(F)cc(F)cc2F)ccc1Br. The van der Waals surface area contributed by atoms with Crippen LogP contribution in [0, 0.1) is 17.5 Å². The Labute approximate surface area is 114 Å². The van der Waals surface area contributed by atoms with Gasteiger partial charge in [-0.2, -0.15) is 0 Å². The molecule has 2 nitrogen and oxygen atoms in total. The maximum atomic E-state index is 13.6. The van der Waals surface area contributed by atoms with Gasteiger partial charge in [0.2, 0.25) is 0 Å². The lowest BCUT2D eigenvalue weighted by molar-refractivity contribution is 0.0696. The Bertz CT molecular complexity index is 648. The lowest BCUT2D eigenvalue weighted by atomic mass is 10.0. The lowest BCUT2D eigenvalue weighted by Gasteiger charge is -2.07. The van der Waals surface area contributed by atoms with Gasteiger partial charge >= 0.3 is 5.97 Å². The van der Waals surface area contributed by atoms with Gasteiger partial charge in [-0.05, 0) is 33.6 Å². The smallest absolute Gasteiger partial charge is 0.336 e. The first-order valence-corrected chi connectivity index (χ1v) is 5.87. The summed E-state index contributed by atoms with van der Waals surface area (Å²) in [4.78, 5) is 11.0. The average Bonchev–Trinajstić information content (AvgIpc) is 2.29. The van der Waals surface area contributed by atoms with E-state index in [0.29, 0.717) is 12.1 Å². The van der Waals surface area contributed by atoms with Gasteiger partial charge in [0.05, 0.1) is 11.1 Å². The van der Waals surface area contributed by atoms with Crippen LogP contribution >= 0.6 is 15.9 Å². The van der Waals surface area contributed by atoms with Crippen molar-refractivity contribution >= 4 is 21.9 Å². The van der Waals surface area contributed by atoms with Gasteiger partial charge in [-0.1, -0.05) is 6.07 Å². The summed E-state index contributed by atoms with van der Waals surface area (Å²) in [6.07, 6.45) is 0. The van der Waals surface area contributed by atoms with Crippen molar-refractivity contribution in [1.82, 2.24) is 0 Å². The van der Waals surface area contributed by atoms with E-state index >= 15 is 0 Å². The molecule has 0 heterocycles. The van der Waals surface area contributed by atoms with E-state index < -0.39 is 29.0 Å². The molecule has 1 N–H and O–H groups in total. The van der Waals surface area contributed by atoms with Gasteiger partial charge in [0, 0.05) is 16.6 Å². The zero-order valence-corrected chi connectivity index (χ0v) is 10.8. The molecule has 0 fully saturated rings. The average molecular weight is 331 g/mol. The van der Waals surface area contributed by atoms with E-state index in [0.717, 1.165) is 6.07 Å². The molecule has 2 rings (SSSR count). The number of aromatic carboxylic acids is 1. The van der Waals surface area contributed by atoms with Gasteiger partial charge in [0.1, 0.15) is 17.5 Å². The van der Waals surface area contributed by atoms with E-state index in [9.17, 15) is 18.0 Å². The number of carboxylic acids is 1. The Morgan fingerprint density at radius 3 is 2.16 bits per heavy atom. The molecule has 0 bridgehead atoms. The molecular weight excluding hydrogens is 325 g/mol. The van der Waals surface area contributed by atoms with Gasteiger partial charge in [0.25, 0.3) is 0 Å². The Hall–Kier alpha value is -1.82. The van der Waals surface area contributed by atoms with Crippen LogP contribution in [-0.2, 0) is 0 Å². The fraction of sp³-hybridized carbons (Fsp3) is 0. The molecule has 0 aliphatic carbocycles. The quantitative estimate of drug-likeness (QED) is 0.894. The molecule has 19 heavy (non-hydrogen) atoms. The Balaban J connectivity index is 2.66. The van der Waals surface area contributed by atoms with Crippen LogP contribution in [0.1, 0.15) is 10.4 Å². The molecule has 0 aliphatic rings. The summed E-state index contributed by atoms with van der Waals surface area (Å²) in [5.41, 5.74) is -0.576. The molecular formula is C13H6BrF3O2. The minimum absolute atomic E-state index is 0.0237. The van der Waals surface area contributed by atoms with Crippen molar-refractivity contribution in [2.24, 2.45) is 0 Å². The molecule has 0 aromatic heterocycles. The van der Waals surface area contributed by atoms with Crippen molar-refractivity contribution in [3.8, 4) is 11.1 Å². The first-order chi connectivity index (χ1) is 8.90. The van der Waals surface area contributed by atoms with Crippen LogP contribution < -0.4 is 0 Å². The Morgan fingerprint density at radius 2 is 1.63 bits per heavy atom. The van der Waals surface area contributed by atoms with Crippen LogP contribution in [0.4, 0.5) is 13.2 Å². The van der Waals surface area contributed by atoms with Gasteiger partial charge in [-0.25, -0.2) is 18.0 Å². The molecule has 2 aromatic carbocycles. The number of rotatable bonds is 2. The fourth-order valence-electron chi connectivity index (χ4n) is 1.66. The summed E-state index contributed by atoms with van der Waals surface area (Å²) in [5.74, 6) is -4.45. The molecule has 0 aliphatic heterocycles. The van der Waals surface area contributed by atoms with Crippen LogP contribution in [0.5, 0.6) is 0 Å². The monoisotopic (exact) mass is 330 g/mol. The molecule has 0 amide bonds. The van der Waals surface area contributed by atoms with Crippen molar-refractivity contribution < 1.29 is 23.1 Å². The summed E-state index contributed by atoms with van der Waals surface area (Å²) < 4.78 is 40.3. The topological polar surface area (TPSA) is 37.3 Å². The maximum absolute atomic E-state index is 13.6. The predicted octanol–water partition coefficient (Wildman–Crippen LogP) is 4.23. The number of hydrogen-bond donors (Lipinski definition) is 1.